The topological polar surface area (TPSA) is 105 Å². The first-order chi connectivity index (χ1) is 8.70. The van der Waals surface area contributed by atoms with Crippen LogP contribution in [0.2, 0.25) is 0 Å². The summed E-state index contributed by atoms with van der Waals surface area (Å²) in [4.78, 5) is 19.6. The fourth-order valence-corrected chi connectivity index (χ4v) is 1.60. The highest BCUT2D eigenvalue weighted by Gasteiger charge is 2.22. The maximum atomic E-state index is 11.5. The zero-order chi connectivity index (χ0) is 13.0. The summed E-state index contributed by atoms with van der Waals surface area (Å²) in [5.41, 5.74) is 3.33. The Morgan fingerprint density at radius 2 is 2.17 bits per heavy atom. The minimum atomic E-state index is 0.0777. The lowest BCUT2D eigenvalue weighted by atomic mass is 10.3. The molecule has 0 spiro atoms. The lowest BCUT2D eigenvalue weighted by Gasteiger charge is -2.10. The smallest absolute Gasteiger partial charge is 0.221 e. The first kappa shape index (κ1) is 12.6. The molecule has 1 aromatic heterocycles. The predicted molar refractivity (Wildman–Crippen MR) is 68.9 cm³/mol. The average molecular weight is 250 g/mol. The standard InChI is InChI=1S/C11H18N6O/c1-7-10(14-6-15-11(7)17-12)13-5-4-9(18)16-8-2-3-8/h6,8H,2-5,12H2,1H3,(H,16,18)(H2,13,14,15,17). The van der Waals surface area contributed by atoms with Gasteiger partial charge < -0.3 is 16.1 Å². The summed E-state index contributed by atoms with van der Waals surface area (Å²) in [7, 11) is 0. The number of hydrogen-bond donors (Lipinski definition) is 4. The van der Waals surface area contributed by atoms with Crippen LogP contribution in [0, 0.1) is 6.92 Å². The molecule has 98 valence electrons. The Morgan fingerprint density at radius 3 is 2.83 bits per heavy atom. The van der Waals surface area contributed by atoms with Gasteiger partial charge in [-0.1, -0.05) is 0 Å². The molecule has 0 atom stereocenters. The van der Waals surface area contributed by atoms with Gasteiger partial charge in [0.2, 0.25) is 5.91 Å². The summed E-state index contributed by atoms with van der Waals surface area (Å²) >= 11 is 0. The van der Waals surface area contributed by atoms with Crippen molar-refractivity contribution in [1.29, 1.82) is 0 Å². The van der Waals surface area contributed by atoms with Crippen LogP contribution in [0.1, 0.15) is 24.8 Å². The monoisotopic (exact) mass is 250 g/mol. The SMILES string of the molecule is Cc1c(NN)ncnc1NCCC(=O)NC1CC1. The molecule has 0 aliphatic heterocycles. The summed E-state index contributed by atoms with van der Waals surface area (Å²) in [6.07, 6.45) is 4.07. The molecule has 0 unspecified atom stereocenters. The fourth-order valence-electron chi connectivity index (χ4n) is 1.60. The molecule has 1 heterocycles. The van der Waals surface area contributed by atoms with Gasteiger partial charge in [-0.05, 0) is 19.8 Å². The molecule has 1 fully saturated rings. The maximum Gasteiger partial charge on any atom is 0.221 e. The Morgan fingerprint density at radius 1 is 1.44 bits per heavy atom. The second-order valence-electron chi connectivity index (χ2n) is 4.36. The van der Waals surface area contributed by atoms with Crippen LogP contribution in [0.4, 0.5) is 11.6 Å². The molecule has 1 aliphatic rings. The molecule has 1 amide bonds. The number of nitrogens with two attached hydrogens (primary N) is 1. The lowest BCUT2D eigenvalue weighted by molar-refractivity contribution is -0.120. The van der Waals surface area contributed by atoms with E-state index in [-0.39, 0.29) is 5.91 Å². The van der Waals surface area contributed by atoms with Crippen molar-refractivity contribution >= 4 is 17.5 Å². The van der Waals surface area contributed by atoms with Crippen LogP contribution < -0.4 is 21.9 Å². The van der Waals surface area contributed by atoms with Crippen molar-refractivity contribution in [2.24, 2.45) is 5.84 Å². The molecule has 18 heavy (non-hydrogen) atoms. The van der Waals surface area contributed by atoms with Crippen molar-refractivity contribution in [2.75, 3.05) is 17.3 Å². The van der Waals surface area contributed by atoms with Crippen molar-refractivity contribution in [1.82, 2.24) is 15.3 Å². The van der Waals surface area contributed by atoms with E-state index in [1.54, 1.807) is 0 Å². The molecule has 1 saturated carbocycles. The van der Waals surface area contributed by atoms with Gasteiger partial charge in [-0.15, -0.1) is 0 Å². The summed E-state index contributed by atoms with van der Waals surface area (Å²) in [6.45, 7) is 2.40. The van der Waals surface area contributed by atoms with Crippen LogP contribution >= 0.6 is 0 Å². The number of hydrogen-bond acceptors (Lipinski definition) is 6. The van der Waals surface area contributed by atoms with Crippen LogP contribution in [0.15, 0.2) is 6.33 Å². The second kappa shape index (κ2) is 5.63. The molecular formula is C11H18N6O. The van der Waals surface area contributed by atoms with E-state index in [0.717, 1.165) is 18.4 Å². The summed E-state index contributed by atoms with van der Waals surface area (Å²) < 4.78 is 0. The van der Waals surface area contributed by atoms with Crippen molar-refractivity contribution in [3.63, 3.8) is 0 Å². The Hall–Kier alpha value is -1.89. The number of hydrazine groups is 1. The maximum absolute atomic E-state index is 11.5. The molecule has 0 aromatic carbocycles. The van der Waals surface area contributed by atoms with Gasteiger partial charge in [0.25, 0.3) is 0 Å². The van der Waals surface area contributed by atoms with Crippen LogP contribution in [-0.2, 0) is 4.79 Å². The van der Waals surface area contributed by atoms with Crippen molar-refractivity contribution in [3.05, 3.63) is 11.9 Å². The van der Waals surface area contributed by atoms with Crippen LogP contribution in [0.25, 0.3) is 0 Å². The average Bonchev–Trinajstić information content (AvgIpc) is 3.15. The number of nitrogen functional groups attached to an aromatic ring is 1. The Bertz CT molecular complexity index is 432. The molecule has 0 radical (unpaired) electrons. The Labute approximate surface area is 106 Å². The zero-order valence-corrected chi connectivity index (χ0v) is 10.4. The largest absolute Gasteiger partial charge is 0.369 e. The Balaban J connectivity index is 1.80. The number of anilines is 2. The van der Waals surface area contributed by atoms with Crippen LogP contribution in [-0.4, -0.2) is 28.5 Å². The number of rotatable bonds is 6. The highest BCUT2D eigenvalue weighted by atomic mass is 16.1. The Kier molecular flexibility index (Phi) is 3.93. The predicted octanol–water partition coefficient (Wildman–Crippen LogP) is 0.151. The number of nitrogens with zero attached hydrogens (tertiary/aromatic N) is 2. The summed E-state index contributed by atoms with van der Waals surface area (Å²) in [5, 5.41) is 6.04. The fraction of sp³-hybridized carbons (Fsp3) is 0.545. The van der Waals surface area contributed by atoms with Gasteiger partial charge >= 0.3 is 0 Å². The molecule has 7 nitrogen and oxygen atoms in total. The molecular weight excluding hydrogens is 232 g/mol. The third-order valence-electron chi connectivity index (χ3n) is 2.81. The molecule has 7 heteroatoms. The van der Waals surface area contributed by atoms with Gasteiger partial charge in [0.1, 0.15) is 18.0 Å². The number of aromatic nitrogens is 2. The highest BCUT2D eigenvalue weighted by molar-refractivity contribution is 5.77. The third-order valence-corrected chi connectivity index (χ3v) is 2.81. The molecule has 5 N–H and O–H groups in total. The van der Waals surface area contributed by atoms with E-state index >= 15 is 0 Å². The summed E-state index contributed by atoms with van der Waals surface area (Å²) in [5.74, 6) is 6.67. The van der Waals surface area contributed by atoms with E-state index in [0.29, 0.717) is 30.6 Å². The minimum Gasteiger partial charge on any atom is -0.369 e. The first-order valence-electron chi connectivity index (χ1n) is 6.02. The van der Waals surface area contributed by atoms with Crippen molar-refractivity contribution in [2.45, 2.75) is 32.2 Å². The highest BCUT2D eigenvalue weighted by Crippen LogP contribution is 2.19. The van der Waals surface area contributed by atoms with Crippen molar-refractivity contribution in [3.8, 4) is 0 Å². The molecule has 1 aliphatic carbocycles. The van der Waals surface area contributed by atoms with Gasteiger partial charge in [0.15, 0.2) is 0 Å². The van der Waals surface area contributed by atoms with Crippen molar-refractivity contribution < 1.29 is 4.79 Å². The first-order valence-corrected chi connectivity index (χ1v) is 6.02. The number of carbonyl (C=O) groups is 1. The van der Waals surface area contributed by atoms with E-state index in [9.17, 15) is 4.79 Å². The summed E-state index contributed by atoms with van der Waals surface area (Å²) in [6, 6.07) is 0.409. The quantitative estimate of drug-likeness (QED) is 0.423. The van der Waals surface area contributed by atoms with E-state index < -0.39 is 0 Å². The number of amides is 1. The molecule has 1 aromatic rings. The van der Waals surface area contributed by atoms with E-state index in [1.807, 2.05) is 6.92 Å². The van der Waals surface area contributed by atoms with E-state index in [1.165, 1.54) is 6.33 Å². The minimum absolute atomic E-state index is 0.0777. The van der Waals surface area contributed by atoms with Gasteiger partial charge in [-0.2, -0.15) is 0 Å². The third kappa shape index (κ3) is 3.30. The van der Waals surface area contributed by atoms with Crippen LogP contribution in [0.5, 0.6) is 0 Å². The number of carbonyl (C=O) groups excluding carboxylic acids is 1. The molecule has 2 rings (SSSR count). The normalized spacial score (nSPS) is 14.1. The zero-order valence-electron chi connectivity index (χ0n) is 10.4. The van der Waals surface area contributed by atoms with E-state index in [2.05, 4.69) is 26.0 Å². The van der Waals surface area contributed by atoms with Gasteiger partial charge in [-0.3, -0.25) is 4.79 Å². The molecule has 0 saturated heterocycles. The number of nitrogens with one attached hydrogen (secondary N) is 3. The van der Waals surface area contributed by atoms with E-state index in [4.69, 9.17) is 5.84 Å². The second-order valence-corrected chi connectivity index (χ2v) is 4.36. The van der Waals surface area contributed by atoms with Gasteiger partial charge in [-0.25, -0.2) is 15.8 Å². The van der Waals surface area contributed by atoms with Gasteiger partial charge in [0, 0.05) is 24.6 Å². The van der Waals surface area contributed by atoms with Crippen LogP contribution in [0.3, 0.4) is 0 Å². The molecule has 0 bridgehead atoms. The lowest BCUT2D eigenvalue weighted by Crippen LogP contribution is -2.27. The van der Waals surface area contributed by atoms with Gasteiger partial charge in [0.05, 0.1) is 0 Å².